The van der Waals surface area contributed by atoms with Gasteiger partial charge in [0, 0.05) is 13.1 Å². The predicted octanol–water partition coefficient (Wildman–Crippen LogP) is 4.45. The van der Waals surface area contributed by atoms with Gasteiger partial charge in [-0.1, -0.05) is 27.7 Å². The van der Waals surface area contributed by atoms with Gasteiger partial charge in [0.15, 0.2) is 0 Å². The number of rotatable bonds is 0. The second-order valence-electron chi connectivity index (χ2n) is 5.53. The van der Waals surface area contributed by atoms with Crippen LogP contribution in [0.25, 0.3) is 0 Å². The van der Waals surface area contributed by atoms with Crippen LogP contribution in [0.2, 0.25) is 0 Å². The molecule has 0 amide bonds. The molecular weight excluding hydrogens is 226 g/mol. The summed E-state index contributed by atoms with van der Waals surface area (Å²) in [7, 11) is 0. The lowest BCUT2D eigenvalue weighted by molar-refractivity contribution is 0.323. The van der Waals surface area contributed by atoms with Crippen LogP contribution in [0.5, 0.6) is 0 Å². The predicted molar refractivity (Wildman–Crippen MR) is 76.5 cm³/mol. The van der Waals surface area contributed by atoms with E-state index in [1.807, 2.05) is 6.92 Å². The first-order chi connectivity index (χ1) is 8.40. The molecule has 1 aliphatic carbocycles. The van der Waals surface area contributed by atoms with Gasteiger partial charge in [0.05, 0.1) is 0 Å². The molecule has 1 atom stereocenters. The van der Waals surface area contributed by atoms with E-state index in [0.717, 1.165) is 24.0 Å². The average molecular weight is 253 g/mol. The van der Waals surface area contributed by atoms with E-state index in [4.69, 9.17) is 9.62 Å². The fourth-order valence-corrected chi connectivity index (χ4v) is 1.82. The first kappa shape index (κ1) is 16.8. The number of oxime groups is 1. The summed E-state index contributed by atoms with van der Waals surface area (Å²) in [6, 6.07) is 2.18. The number of nitrogens with zero attached hydrogens (tertiary/aromatic N) is 1. The summed E-state index contributed by atoms with van der Waals surface area (Å²) >= 11 is 0. The smallest absolute Gasteiger partial charge is 0.107 e. The summed E-state index contributed by atoms with van der Waals surface area (Å²) in [6.45, 7) is 13.5. The molecule has 1 aromatic heterocycles. The monoisotopic (exact) mass is 253 g/mol. The van der Waals surface area contributed by atoms with E-state index in [2.05, 4.69) is 45.6 Å². The Labute approximate surface area is 111 Å². The summed E-state index contributed by atoms with van der Waals surface area (Å²) in [6.07, 6.45) is 3.68. The van der Waals surface area contributed by atoms with Crippen molar-refractivity contribution >= 4 is 6.72 Å². The Bertz CT molecular complexity index is 340. The van der Waals surface area contributed by atoms with Gasteiger partial charge in [0.1, 0.15) is 11.5 Å². The summed E-state index contributed by atoms with van der Waals surface area (Å²) in [5, 5.41) is 9.33. The van der Waals surface area contributed by atoms with Gasteiger partial charge < -0.3 is 9.62 Å². The van der Waals surface area contributed by atoms with E-state index in [-0.39, 0.29) is 0 Å². The highest BCUT2D eigenvalue weighted by Crippen LogP contribution is 2.27. The van der Waals surface area contributed by atoms with Crippen LogP contribution in [0.15, 0.2) is 15.6 Å². The van der Waals surface area contributed by atoms with E-state index in [0.29, 0.717) is 0 Å². The van der Waals surface area contributed by atoms with Crippen LogP contribution >= 0.6 is 0 Å². The largest absolute Gasteiger partial charge is 0.466 e. The standard InChI is InChI=1S/C10H14O.C4H10.CH3NO/c1-7-3-4-9-6-8(2)11-10(9)5-7;1-4(2)3;1-2-3/h6-7H,3-5H2,1-2H3;4H,1-3H3;3H,1H2. The molecular formula is C15H27NO2. The Morgan fingerprint density at radius 3 is 2.44 bits per heavy atom. The summed E-state index contributed by atoms with van der Waals surface area (Å²) in [5.41, 5.74) is 1.45. The second kappa shape index (κ2) is 8.78. The third kappa shape index (κ3) is 7.15. The van der Waals surface area contributed by atoms with Crippen molar-refractivity contribution in [3.63, 3.8) is 0 Å². The molecule has 0 spiro atoms. The van der Waals surface area contributed by atoms with Gasteiger partial charge in [0.25, 0.3) is 0 Å². The number of hydrogen-bond acceptors (Lipinski definition) is 3. The third-order valence-electron chi connectivity index (χ3n) is 2.46. The summed E-state index contributed by atoms with van der Waals surface area (Å²) in [4.78, 5) is 0. The Hall–Kier alpha value is -1.25. The number of aryl methyl sites for hydroxylation is 2. The molecule has 0 aliphatic heterocycles. The van der Waals surface area contributed by atoms with Gasteiger partial charge in [0.2, 0.25) is 0 Å². The lowest BCUT2D eigenvalue weighted by atomic mass is 9.90. The molecule has 0 saturated heterocycles. The van der Waals surface area contributed by atoms with Gasteiger partial charge >= 0.3 is 0 Å². The van der Waals surface area contributed by atoms with Crippen molar-refractivity contribution in [2.45, 2.75) is 53.9 Å². The lowest BCUT2D eigenvalue weighted by Crippen LogP contribution is -2.08. The fraction of sp³-hybridized carbons (Fsp3) is 0.667. The topological polar surface area (TPSA) is 45.7 Å². The number of furan rings is 1. The van der Waals surface area contributed by atoms with Crippen molar-refractivity contribution in [1.29, 1.82) is 0 Å². The van der Waals surface area contributed by atoms with Crippen LogP contribution in [-0.2, 0) is 12.8 Å². The Morgan fingerprint density at radius 2 is 1.94 bits per heavy atom. The highest BCUT2D eigenvalue weighted by atomic mass is 16.4. The molecule has 2 rings (SSSR count). The molecule has 0 fully saturated rings. The number of fused-ring (bicyclic) bond motifs is 1. The van der Waals surface area contributed by atoms with E-state index in [9.17, 15) is 0 Å². The molecule has 1 aromatic rings. The second-order valence-corrected chi connectivity index (χ2v) is 5.53. The molecule has 18 heavy (non-hydrogen) atoms. The highest BCUT2D eigenvalue weighted by Gasteiger charge is 2.18. The molecule has 0 bridgehead atoms. The van der Waals surface area contributed by atoms with Crippen LogP contribution in [0, 0.1) is 18.8 Å². The average Bonchev–Trinajstić information content (AvgIpc) is 2.57. The molecule has 1 heterocycles. The van der Waals surface area contributed by atoms with Crippen LogP contribution in [0.3, 0.4) is 0 Å². The van der Waals surface area contributed by atoms with Crippen LogP contribution in [0.1, 0.15) is 51.2 Å². The van der Waals surface area contributed by atoms with Gasteiger partial charge in [-0.2, -0.15) is 0 Å². The molecule has 3 heteroatoms. The molecule has 0 aromatic carbocycles. The van der Waals surface area contributed by atoms with Crippen molar-refractivity contribution in [2.24, 2.45) is 17.0 Å². The van der Waals surface area contributed by atoms with Crippen LogP contribution < -0.4 is 0 Å². The Balaban J connectivity index is 0.000000351. The Morgan fingerprint density at radius 1 is 1.44 bits per heavy atom. The normalized spacial score (nSPS) is 16.9. The van der Waals surface area contributed by atoms with Gasteiger partial charge in [-0.15, -0.1) is 5.16 Å². The summed E-state index contributed by atoms with van der Waals surface area (Å²) < 4.78 is 5.58. The van der Waals surface area contributed by atoms with Crippen LogP contribution in [0.4, 0.5) is 0 Å². The molecule has 1 aliphatic rings. The van der Waals surface area contributed by atoms with E-state index >= 15 is 0 Å². The fourth-order valence-electron chi connectivity index (χ4n) is 1.82. The lowest BCUT2D eigenvalue weighted by Gasteiger charge is -2.15. The first-order valence-corrected chi connectivity index (χ1v) is 6.58. The maximum atomic E-state index is 7.08. The molecule has 3 nitrogen and oxygen atoms in total. The maximum Gasteiger partial charge on any atom is 0.107 e. The third-order valence-corrected chi connectivity index (χ3v) is 2.46. The zero-order chi connectivity index (χ0) is 14.1. The SMILES string of the molecule is C=NO.CC(C)C.Cc1cc2c(o1)CC(C)CC2. The zero-order valence-corrected chi connectivity index (χ0v) is 12.4. The van der Waals surface area contributed by atoms with Crippen molar-refractivity contribution in [3.8, 4) is 0 Å². The van der Waals surface area contributed by atoms with Crippen molar-refractivity contribution in [1.82, 2.24) is 0 Å². The molecule has 1 unspecified atom stereocenters. The van der Waals surface area contributed by atoms with Crippen molar-refractivity contribution < 1.29 is 9.62 Å². The van der Waals surface area contributed by atoms with Gasteiger partial charge in [-0.25, -0.2) is 0 Å². The van der Waals surface area contributed by atoms with E-state index < -0.39 is 0 Å². The maximum absolute atomic E-state index is 7.08. The minimum Gasteiger partial charge on any atom is -0.466 e. The minimum absolute atomic E-state index is 0.813. The van der Waals surface area contributed by atoms with Crippen molar-refractivity contribution in [2.75, 3.05) is 0 Å². The Kier molecular flexibility index (Phi) is 8.17. The first-order valence-electron chi connectivity index (χ1n) is 6.58. The van der Waals surface area contributed by atoms with E-state index in [1.54, 1.807) is 0 Å². The molecule has 1 N–H and O–H groups in total. The molecule has 0 saturated carbocycles. The highest BCUT2D eigenvalue weighted by molar-refractivity contribution is 5.23. The quantitative estimate of drug-likeness (QED) is 0.422. The zero-order valence-electron chi connectivity index (χ0n) is 12.4. The summed E-state index contributed by atoms with van der Waals surface area (Å²) in [5.74, 6) is 3.96. The van der Waals surface area contributed by atoms with Gasteiger partial charge in [-0.3, -0.25) is 0 Å². The number of hydrogen-bond donors (Lipinski definition) is 1. The minimum atomic E-state index is 0.813. The van der Waals surface area contributed by atoms with Gasteiger partial charge in [-0.05, 0) is 43.2 Å². The molecule has 104 valence electrons. The molecule has 0 radical (unpaired) electrons. The van der Waals surface area contributed by atoms with E-state index in [1.165, 1.54) is 24.2 Å². The van der Waals surface area contributed by atoms with Crippen molar-refractivity contribution in [3.05, 3.63) is 23.2 Å². The van der Waals surface area contributed by atoms with Crippen LogP contribution in [-0.4, -0.2) is 11.9 Å².